The molecule has 1 N–H and O–H groups in total. The molecular weight excluding hydrogens is 251 g/mol. The fourth-order valence-electron chi connectivity index (χ4n) is 1.76. The minimum absolute atomic E-state index is 0.556. The Hall–Kier alpha value is -1.43. The maximum Gasteiger partial charge on any atom is 0.0775 e. The lowest BCUT2D eigenvalue weighted by molar-refractivity contribution is 0.133. The lowest BCUT2D eigenvalue weighted by Gasteiger charge is -2.17. The van der Waals surface area contributed by atoms with Gasteiger partial charge in [-0.15, -0.1) is 0 Å². The predicted octanol–water partition coefficient (Wildman–Crippen LogP) is 3.40. The number of hydrogen-bond acceptors (Lipinski definition) is 1. The van der Waals surface area contributed by atoms with Crippen molar-refractivity contribution in [1.82, 2.24) is 0 Å². The number of benzene rings is 2. The Bertz CT molecular complexity index is 487. The third-order valence-corrected chi connectivity index (χ3v) is 4.86. The Kier molecular flexibility index (Phi) is 4.52. The van der Waals surface area contributed by atoms with Gasteiger partial charge in [-0.1, -0.05) is 72.6 Å². The fourth-order valence-corrected chi connectivity index (χ4v) is 3.90. The van der Waals surface area contributed by atoms with Crippen molar-refractivity contribution in [2.75, 3.05) is 0 Å². The molecule has 0 atom stereocenters. The molecule has 1 nitrogen and oxygen atoms in total. The standard InChI is InChI=1S/C17H19OP/c1-17(2,18)13-14-19(15-9-5-3-6-10-15)16-11-7-4-8-12-16/h3-14,18H,1-2H3/b14-13-. The van der Waals surface area contributed by atoms with Crippen molar-refractivity contribution in [3.63, 3.8) is 0 Å². The molecule has 0 aliphatic heterocycles. The van der Waals surface area contributed by atoms with E-state index in [-0.39, 0.29) is 0 Å². The molecule has 0 bridgehead atoms. The lowest BCUT2D eigenvalue weighted by atomic mass is 10.1. The second-order valence-electron chi connectivity index (χ2n) is 5.01. The molecule has 98 valence electrons. The Morgan fingerprint density at radius 3 is 1.63 bits per heavy atom. The first-order chi connectivity index (χ1) is 9.06. The van der Waals surface area contributed by atoms with Crippen LogP contribution in [-0.2, 0) is 0 Å². The summed E-state index contributed by atoms with van der Waals surface area (Å²) in [4.78, 5) is 0. The van der Waals surface area contributed by atoms with E-state index in [1.54, 1.807) is 13.8 Å². The summed E-state index contributed by atoms with van der Waals surface area (Å²) in [5.74, 6) is 2.14. The van der Waals surface area contributed by atoms with Crippen LogP contribution >= 0.6 is 7.92 Å². The molecule has 0 saturated heterocycles. The van der Waals surface area contributed by atoms with Crippen molar-refractivity contribution in [1.29, 1.82) is 0 Å². The monoisotopic (exact) mass is 270 g/mol. The van der Waals surface area contributed by atoms with Crippen molar-refractivity contribution in [3.05, 3.63) is 72.6 Å². The average molecular weight is 270 g/mol. The third-order valence-electron chi connectivity index (χ3n) is 2.70. The largest absolute Gasteiger partial charge is 0.386 e. The van der Waals surface area contributed by atoms with E-state index in [2.05, 4.69) is 54.3 Å². The van der Waals surface area contributed by atoms with Gasteiger partial charge in [0, 0.05) is 0 Å². The van der Waals surface area contributed by atoms with Crippen molar-refractivity contribution in [3.8, 4) is 0 Å². The minimum Gasteiger partial charge on any atom is -0.386 e. The topological polar surface area (TPSA) is 20.2 Å². The van der Waals surface area contributed by atoms with Crippen molar-refractivity contribution >= 4 is 18.5 Å². The van der Waals surface area contributed by atoms with Crippen molar-refractivity contribution in [2.45, 2.75) is 19.4 Å². The molecule has 2 rings (SSSR count). The van der Waals surface area contributed by atoms with Gasteiger partial charge in [0.15, 0.2) is 0 Å². The van der Waals surface area contributed by atoms with Crippen LogP contribution in [0.3, 0.4) is 0 Å². The maximum atomic E-state index is 9.88. The fraction of sp³-hybridized carbons (Fsp3) is 0.176. The van der Waals surface area contributed by atoms with Crippen LogP contribution < -0.4 is 10.6 Å². The van der Waals surface area contributed by atoms with Crippen LogP contribution in [0.5, 0.6) is 0 Å². The average Bonchev–Trinajstić information content (AvgIpc) is 2.40. The van der Waals surface area contributed by atoms with Crippen LogP contribution in [0.15, 0.2) is 72.6 Å². The molecule has 0 unspecified atom stereocenters. The smallest absolute Gasteiger partial charge is 0.0775 e. The highest BCUT2D eigenvalue weighted by atomic mass is 31.1. The molecule has 0 amide bonds. The zero-order chi connectivity index (χ0) is 13.7. The van der Waals surface area contributed by atoms with E-state index < -0.39 is 13.5 Å². The first-order valence-corrected chi connectivity index (χ1v) is 7.78. The van der Waals surface area contributed by atoms with Gasteiger partial charge in [-0.25, -0.2) is 0 Å². The molecule has 0 heterocycles. The van der Waals surface area contributed by atoms with Crippen LogP contribution in [0, 0.1) is 0 Å². The van der Waals surface area contributed by atoms with E-state index in [9.17, 15) is 5.11 Å². The Morgan fingerprint density at radius 1 is 0.842 bits per heavy atom. The zero-order valence-corrected chi connectivity index (χ0v) is 12.2. The summed E-state index contributed by atoms with van der Waals surface area (Å²) in [7, 11) is -0.556. The molecule has 0 saturated carbocycles. The molecule has 0 aliphatic carbocycles. The van der Waals surface area contributed by atoms with Gasteiger partial charge in [0.05, 0.1) is 5.60 Å². The molecule has 2 aromatic carbocycles. The Balaban J connectivity index is 2.38. The molecule has 0 fully saturated rings. The first kappa shape index (κ1) is 14.0. The zero-order valence-electron chi connectivity index (χ0n) is 11.3. The lowest BCUT2D eigenvalue weighted by Crippen LogP contribution is -2.15. The number of hydrogen-bond donors (Lipinski definition) is 1. The van der Waals surface area contributed by atoms with Gasteiger partial charge >= 0.3 is 0 Å². The van der Waals surface area contributed by atoms with Crippen molar-refractivity contribution in [2.24, 2.45) is 0 Å². The summed E-state index contributed by atoms with van der Waals surface area (Å²) >= 11 is 0. The molecule has 0 aromatic heterocycles. The van der Waals surface area contributed by atoms with Crippen LogP contribution in [0.4, 0.5) is 0 Å². The first-order valence-electron chi connectivity index (χ1n) is 6.37. The van der Waals surface area contributed by atoms with Gasteiger partial charge in [0.2, 0.25) is 0 Å². The molecular formula is C17H19OP. The molecule has 0 spiro atoms. The van der Waals surface area contributed by atoms with E-state index in [1.807, 2.05) is 18.2 Å². The molecule has 2 heteroatoms. The summed E-state index contributed by atoms with van der Waals surface area (Å²) in [6.07, 6.45) is 1.89. The van der Waals surface area contributed by atoms with Crippen LogP contribution in [-0.4, -0.2) is 10.7 Å². The van der Waals surface area contributed by atoms with Gasteiger partial charge in [-0.05, 0) is 32.4 Å². The van der Waals surface area contributed by atoms with Gasteiger partial charge in [0.1, 0.15) is 0 Å². The van der Waals surface area contributed by atoms with E-state index in [1.165, 1.54) is 10.6 Å². The van der Waals surface area contributed by atoms with E-state index in [0.717, 1.165) is 0 Å². The Labute approximate surface area is 116 Å². The highest BCUT2D eigenvalue weighted by molar-refractivity contribution is 7.75. The predicted molar refractivity (Wildman–Crippen MR) is 84.5 cm³/mol. The van der Waals surface area contributed by atoms with Gasteiger partial charge in [-0.2, -0.15) is 0 Å². The quantitative estimate of drug-likeness (QED) is 0.844. The molecule has 2 aromatic rings. The molecule has 19 heavy (non-hydrogen) atoms. The van der Waals surface area contributed by atoms with Crippen LogP contribution in [0.2, 0.25) is 0 Å². The summed E-state index contributed by atoms with van der Waals surface area (Å²) in [6, 6.07) is 20.9. The number of aliphatic hydroxyl groups is 1. The summed E-state index contributed by atoms with van der Waals surface area (Å²) in [6.45, 7) is 3.60. The van der Waals surface area contributed by atoms with E-state index in [4.69, 9.17) is 0 Å². The van der Waals surface area contributed by atoms with E-state index >= 15 is 0 Å². The summed E-state index contributed by atoms with van der Waals surface area (Å²) < 4.78 is 0. The molecule has 0 radical (unpaired) electrons. The highest BCUT2D eigenvalue weighted by Crippen LogP contribution is 2.35. The SMILES string of the molecule is CC(C)(O)/C=C\P(c1ccccc1)c1ccccc1. The van der Waals surface area contributed by atoms with Crippen molar-refractivity contribution < 1.29 is 5.11 Å². The summed E-state index contributed by atoms with van der Waals surface area (Å²) in [5.41, 5.74) is -0.774. The van der Waals surface area contributed by atoms with Crippen LogP contribution in [0.1, 0.15) is 13.8 Å². The summed E-state index contributed by atoms with van der Waals surface area (Å²) in [5, 5.41) is 12.5. The Morgan fingerprint density at radius 2 is 1.26 bits per heavy atom. The van der Waals surface area contributed by atoms with Gasteiger partial charge < -0.3 is 5.11 Å². The third kappa shape index (κ3) is 4.31. The maximum absolute atomic E-state index is 9.88. The van der Waals surface area contributed by atoms with Crippen LogP contribution in [0.25, 0.3) is 0 Å². The molecule has 0 aliphatic rings. The van der Waals surface area contributed by atoms with Gasteiger partial charge in [0.25, 0.3) is 0 Å². The highest BCUT2D eigenvalue weighted by Gasteiger charge is 2.12. The second-order valence-corrected chi connectivity index (χ2v) is 7.08. The van der Waals surface area contributed by atoms with E-state index in [0.29, 0.717) is 0 Å². The van der Waals surface area contributed by atoms with Gasteiger partial charge in [-0.3, -0.25) is 0 Å². The minimum atomic E-state index is -0.774. The normalized spacial score (nSPS) is 12.2. The second kappa shape index (κ2) is 6.14. The number of rotatable bonds is 4.